The van der Waals surface area contributed by atoms with Crippen molar-refractivity contribution in [1.82, 2.24) is 35.1 Å². The van der Waals surface area contributed by atoms with Crippen molar-refractivity contribution in [1.29, 1.82) is 0 Å². The zero-order valence-corrected chi connectivity index (χ0v) is 16.9. The fraction of sp³-hybridized carbons (Fsp3) is 0.182. The highest BCUT2D eigenvalue weighted by Gasteiger charge is 2.15. The molecule has 0 saturated carbocycles. The fourth-order valence-corrected chi connectivity index (χ4v) is 3.42. The van der Waals surface area contributed by atoms with Crippen molar-refractivity contribution in [2.45, 2.75) is 26.2 Å². The predicted molar refractivity (Wildman–Crippen MR) is 118 cm³/mol. The second kappa shape index (κ2) is 7.94. The van der Waals surface area contributed by atoms with Crippen LogP contribution in [0.15, 0.2) is 49.1 Å². The van der Waals surface area contributed by atoms with Crippen molar-refractivity contribution in [3.63, 3.8) is 0 Å². The molecule has 0 atom stereocenters. The third-order valence-electron chi connectivity index (χ3n) is 5.00. The number of H-pyrrole nitrogens is 2. The Morgan fingerprint density at radius 3 is 2.94 bits per heavy atom. The van der Waals surface area contributed by atoms with Gasteiger partial charge in [0.2, 0.25) is 5.91 Å². The minimum atomic E-state index is -0.0140. The molecule has 5 aromatic rings. The summed E-state index contributed by atoms with van der Waals surface area (Å²) in [7, 11) is 0. The molecule has 0 fully saturated rings. The van der Waals surface area contributed by atoms with Crippen molar-refractivity contribution in [3.05, 3.63) is 49.1 Å². The number of nitrogens with one attached hydrogen (secondary N) is 3. The number of amides is 1. The van der Waals surface area contributed by atoms with E-state index in [2.05, 4.69) is 47.4 Å². The molecule has 5 rings (SSSR count). The van der Waals surface area contributed by atoms with Crippen LogP contribution >= 0.6 is 0 Å². The van der Waals surface area contributed by atoms with Crippen molar-refractivity contribution in [2.75, 3.05) is 5.32 Å². The number of unbranched alkanes of at least 4 members (excludes halogenated alkanes) is 1. The van der Waals surface area contributed by atoms with E-state index in [0.29, 0.717) is 29.3 Å². The molecule has 0 aliphatic rings. The molecule has 0 aromatic carbocycles. The lowest BCUT2D eigenvalue weighted by atomic mass is 10.1. The van der Waals surface area contributed by atoms with Gasteiger partial charge in [-0.25, -0.2) is 9.97 Å². The molecule has 9 heteroatoms. The van der Waals surface area contributed by atoms with Crippen molar-refractivity contribution < 1.29 is 4.79 Å². The van der Waals surface area contributed by atoms with Gasteiger partial charge >= 0.3 is 0 Å². The molecular formula is C22H20N8O. The van der Waals surface area contributed by atoms with Gasteiger partial charge in [-0.05, 0) is 30.7 Å². The molecule has 31 heavy (non-hydrogen) atoms. The first-order valence-electron chi connectivity index (χ1n) is 10.1. The van der Waals surface area contributed by atoms with E-state index in [-0.39, 0.29) is 5.91 Å². The standard InChI is InChI=1S/C22H20N8O/c1-2-3-6-19(31)26-14-8-13(10-23-11-14)17-9-15-18(12-25-17)29-30-20(15)22-27-16-5-4-7-24-21(16)28-22/h4-5,7-12H,2-3,6H2,1H3,(H,26,31)(H,29,30)(H,24,27,28). The summed E-state index contributed by atoms with van der Waals surface area (Å²) < 4.78 is 0. The molecular weight excluding hydrogens is 392 g/mol. The zero-order valence-electron chi connectivity index (χ0n) is 16.9. The molecule has 0 radical (unpaired) electrons. The van der Waals surface area contributed by atoms with Crippen LogP contribution in [0.5, 0.6) is 0 Å². The summed E-state index contributed by atoms with van der Waals surface area (Å²) in [6.07, 6.45) is 9.13. The van der Waals surface area contributed by atoms with Crippen LogP contribution in [-0.4, -0.2) is 41.0 Å². The van der Waals surface area contributed by atoms with Gasteiger partial charge in [-0.15, -0.1) is 0 Å². The van der Waals surface area contributed by atoms with Gasteiger partial charge in [-0.1, -0.05) is 13.3 Å². The molecule has 0 spiro atoms. The number of hydrogen-bond donors (Lipinski definition) is 3. The fourth-order valence-electron chi connectivity index (χ4n) is 3.42. The number of aromatic nitrogens is 7. The molecule has 0 saturated heterocycles. The number of rotatable bonds is 6. The predicted octanol–water partition coefficient (Wildman–Crippen LogP) is 4.09. The minimum absolute atomic E-state index is 0.0140. The Balaban J connectivity index is 1.49. The van der Waals surface area contributed by atoms with Crippen LogP contribution in [0.1, 0.15) is 26.2 Å². The van der Waals surface area contributed by atoms with Gasteiger partial charge in [0.05, 0.1) is 34.8 Å². The number of pyridine rings is 3. The second-order valence-electron chi connectivity index (χ2n) is 7.26. The van der Waals surface area contributed by atoms with Gasteiger partial charge in [0.15, 0.2) is 11.5 Å². The summed E-state index contributed by atoms with van der Waals surface area (Å²) in [5.41, 5.74) is 5.14. The molecule has 1 amide bonds. The van der Waals surface area contributed by atoms with E-state index in [9.17, 15) is 4.79 Å². The number of anilines is 1. The number of carbonyl (C=O) groups is 1. The highest BCUT2D eigenvalue weighted by atomic mass is 16.1. The van der Waals surface area contributed by atoms with E-state index >= 15 is 0 Å². The third-order valence-corrected chi connectivity index (χ3v) is 5.00. The lowest BCUT2D eigenvalue weighted by Gasteiger charge is -2.07. The lowest BCUT2D eigenvalue weighted by Crippen LogP contribution is -2.11. The Hall–Kier alpha value is -4.14. The number of carbonyl (C=O) groups excluding carboxylic acids is 1. The highest BCUT2D eigenvalue weighted by molar-refractivity contribution is 5.95. The molecule has 5 heterocycles. The van der Waals surface area contributed by atoms with Gasteiger partial charge in [-0.3, -0.25) is 19.9 Å². The number of nitrogens with zero attached hydrogens (tertiary/aromatic N) is 5. The maximum absolute atomic E-state index is 12.1. The maximum Gasteiger partial charge on any atom is 0.224 e. The summed E-state index contributed by atoms with van der Waals surface area (Å²) in [4.78, 5) is 32.9. The second-order valence-corrected chi connectivity index (χ2v) is 7.26. The molecule has 0 unspecified atom stereocenters. The Bertz CT molecular complexity index is 1350. The Morgan fingerprint density at radius 1 is 1.13 bits per heavy atom. The van der Waals surface area contributed by atoms with E-state index in [1.165, 1.54) is 0 Å². The Morgan fingerprint density at radius 2 is 2.06 bits per heavy atom. The maximum atomic E-state index is 12.1. The van der Waals surface area contributed by atoms with E-state index in [4.69, 9.17) is 0 Å². The molecule has 154 valence electrons. The van der Waals surface area contributed by atoms with Crippen LogP contribution in [-0.2, 0) is 4.79 Å². The van der Waals surface area contributed by atoms with Crippen LogP contribution < -0.4 is 5.32 Å². The largest absolute Gasteiger partial charge is 0.335 e. The van der Waals surface area contributed by atoms with Crippen LogP contribution in [0.3, 0.4) is 0 Å². The Kier molecular flexibility index (Phi) is 4.83. The molecule has 3 N–H and O–H groups in total. The average molecular weight is 412 g/mol. The van der Waals surface area contributed by atoms with Gasteiger partial charge in [0.1, 0.15) is 5.69 Å². The highest BCUT2D eigenvalue weighted by Crippen LogP contribution is 2.29. The lowest BCUT2D eigenvalue weighted by molar-refractivity contribution is -0.116. The molecule has 0 aliphatic carbocycles. The van der Waals surface area contributed by atoms with E-state index in [0.717, 1.165) is 40.5 Å². The minimum Gasteiger partial charge on any atom is -0.335 e. The van der Waals surface area contributed by atoms with Crippen LogP contribution in [0.2, 0.25) is 0 Å². The number of fused-ring (bicyclic) bond motifs is 2. The van der Waals surface area contributed by atoms with E-state index < -0.39 is 0 Å². The van der Waals surface area contributed by atoms with Crippen molar-refractivity contribution in [3.8, 4) is 22.8 Å². The van der Waals surface area contributed by atoms with Crippen LogP contribution in [0.25, 0.3) is 44.8 Å². The Labute approximate surface area is 177 Å². The van der Waals surface area contributed by atoms with Crippen LogP contribution in [0, 0.1) is 0 Å². The van der Waals surface area contributed by atoms with Crippen LogP contribution in [0.4, 0.5) is 5.69 Å². The van der Waals surface area contributed by atoms with Crippen molar-refractivity contribution >= 4 is 33.7 Å². The van der Waals surface area contributed by atoms with Gasteiger partial charge < -0.3 is 10.3 Å². The summed E-state index contributed by atoms with van der Waals surface area (Å²) in [6.45, 7) is 2.06. The van der Waals surface area contributed by atoms with Gasteiger partial charge in [0, 0.05) is 29.8 Å². The molecule has 0 bridgehead atoms. The average Bonchev–Trinajstić information content (AvgIpc) is 3.41. The molecule has 5 aromatic heterocycles. The summed E-state index contributed by atoms with van der Waals surface area (Å²) >= 11 is 0. The van der Waals surface area contributed by atoms with E-state index in [1.807, 2.05) is 24.3 Å². The summed E-state index contributed by atoms with van der Waals surface area (Å²) in [5.74, 6) is 0.618. The summed E-state index contributed by atoms with van der Waals surface area (Å²) in [5, 5.41) is 11.2. The first-order valence-corrected chi connectivity index (χ1v) is 10.1. The SMILES string of the molecule is CCCCC(=O)Nc1cncc(-c2cc3c(-c4nc5ncccc5[nH]4)n[nH]c3cn2)c1. The van der Waals surface area contributed by atoms with E-state index in [1.54, 1.807) is 24.8 Å². The summed E-state index contributed by atoms with van der Waals surface area (Å²) in [6, 6.07) is 7.59. The normalized spacial score (nSPS) is 11.3. The third kappa shape index (κ3) is 3.73. The number of hydrogen-bond acceptors (Lipinski definition) is 6. The quantitative estimate of drug-likeness (QED) is 0.386. The first kappa shape index (κ1) is 18.9. The van der Waals surface area contributed by atoms with Crippen molar-refractivity contribution in [2.24, 2.45) is 0 Å². The number of imidazole rings is 1. The first-order chi connectivity index (χ1) is 15.2. The van der Waals surface area contributed by atoms with Gasteiger partial charge in [-0.2, -0.15) is 5.10 Å². The topological polar surface area (TPSA) is 125 Å². The zero-order chi connectivity index (χ0) is 21.2. The monoisotopic (exact) mass is 412 g/mol. The smallest absolute Gasteiger partial charge is 0.224 e. The van der Waals surface area contributed by atoms with Gasteiger partial charge in [0.25, 0.3) is 0 Å². The number of aromatic amines is 2. The molecule has 0 aliphatic heterocycles. The molecule has 9 nitrogen and oxygen atoms in total.